The highest BCUT2D eigenvalue weighted by Crippen LogP contribution is 2.06. The van der Waals surface area contributed by atoms with E-state index < -0.39 is 0 Å². The first-order chi connectivity index (χ1) is 7.45. The molecule has 0 aliphatic carbocycles. The maximum absolute atomic E-state index is 6.16. The molecule has 98 valence electrons. The molecule has 0 amide bonds. The van der Waals surface area contributed by atoms with E-state index in [4.69, 9.17) is 5.73 Å². The van der Waals surface area contributed by atoms with E-state index >= 15 is 0 Å². The Morgan fingerprint density at radius 1 is 1.00 bits per heavy atom. The monoisotopic (exact) mass is 246 g/mol. The fourth-order valence-electron chi connectivity index (χ4n) is 1.95. The lowest BCUT2D eigenvalue weighted by molar-refractivity contribution is 0.206. The molecule has 0 spiro atoms. The molecule has 0 aliphatic heterocycles. The number of nitrogens with two attached hydrogens (primary N) is 1. The van der Waals surface area contributed by atoms with E-state index in [1.165, 1.54) is 18.8 Å². The molecule has 0 aromatic carbocycles. The number of hydrogen-bond donors (Lipinski definition) is 1. The lowest BCUT2D eigenvalue weighted by Gasteiger charge is -2.28. The van der Waals surface area contributed by atoms with Crippen LogP contribution in [-0.4, -0.2) is 42.6 Å². The zero-order valence-corrected chi connectivity index (χ0v) is 12.5. The summed E-state index contributed by atoms with van der Waals surface area (Å²) in [4.78, 5) is 2.53. The molecule has 2 nitrogen and oxygen atoms in total. The van der Waals surface area contributed by atoms with Crippen molar-refractivity contribution in [3.63, 3.8) is 0 Å². The van der Waals surface area contributed by atoms with Crippen LogP contribution < -0.4 is 5.73 Å². The highest BCUT2D eigenvalue weighted by atomic mass is 32.2. The molecule has 0 aromatic rings. The van der Waals surface area contributed by atoms with Crippen molar-refractivity contribution in [2.75, 3.05) is 31.6 Å². The van der Waals surface area contributed by atoms with Crippen LogP contribution >= 0.6 is 11.8 Å². The van der Waals surface area contributed by atoms with E-state index in [1.54, 1.807) is 0 Å². The molecule has 0 saturated heterocycles. The van der Waals surface area contributed by atoms with Gasteiger partial charge in [0.15, 0.2) is 0 Å². The van der Waals surface area contributed by atoms with Gasteiger partial charge in [0.25, 0.3) is 0 Å². The Hall–Kier alpha value is 0.270. The fraction of sp³-hybridized carbons (Fsp3) is 1.00. The Bertz CT molecular complexity index is 150. The molecule has 0 bridgehead atoms. The number of thioether (sulfide) groups is 1. The van der Waals surface area contributed by atoms with Crippen LogP contribution in [0.2, 0.25) is 0 Å². The summed E-state index contributed by atoms with van der Waals surface area (Å²) in [5.41, 5.74) is 6.16. The second-order valence-electron chi connectivity index (χ2n) is 5.55. The lowest BCUT2D eigenvalue weighted by atomic mass is 10.1. The SMILES string of the molecule is CSCC[C@H](N)CN(CC(C)C)CC(C)C. The van der Waals surface area contributed by atoms with E-state index in [9.17, 15) is 0 Å². The van der Waals surface area contributed by atoms with Crippen molar-refractivity contribution in [2.45, 2.75) is 40.2 Å². The molecule has 16 heavy (non-hydrogen) atoms. The van der Waals surface area contributed by atoms with Gasteiger partial charge in [-0.25, -0.2) is 0 Å². The minimum atomic E-state index is 0.338. The summed E-state index contributed by atoms with van der Waals surface area (Å²) in [5.74, 6) is 2.64. The minimum Gasteiger partial charge on any atom is -0.327 e. The highest BCUT2D eigenvalue weighted by molar-refractivity contribution is 7.98. The van der Waals surface area contributed by atoms with Crippen LogP contribution in [0.5, 0.6) is 0 Å². The van der Waals surface area contributed by atoms with Crippen LogP contribution in [0.4, 0.5) is 0 Å². The molecular weight excluding hydrogens is 216 g/mol. The summed E-state index contributed by atoms with van der Waals surface area (Å²) in [6.07, 6.45) is 3.28. The standard InChI is InChI=1S/C13H30N2S/c1-11(2)8-15(9-12(3)4)10-13(14)6-7-16-5/h11-13H,6-10,14H2,1-5H3/t13-/m0/s1. The summed E-state index contributed by atoms with van der Waals surface area (Å²) >= 11 is 1.89. The molecule has 0 rings (SSSR count). The highest BCUT2D eigenvalue weighted by Gasteiger charge is 2.13. The Morgan fingerprint density at radius 3 is 1.88 bits per heavy atom. The smallest absolute Gasteiger partial charge is 0.0175 e. The maximum atomic E-state index is 6.16. The summed E-state index contributed by atoms with van der Waals surface area (Å²) in [6, 6.07) is 0.338. The van der Waals surface area contributed by atoms with E-state index in [-0.39, 0.29) is 0 Å². The van der Waals surface area contributed by atoms with Crippen LogP contribution in [0.25, 0.3) is 0 Å². The van der Waals surface area contributed by atoms with Crippen LogP contribution in [0, 0.1) is 11.8 Å². The van der Waals surface area contributed by atoms with Gasteiger partial charge in [-0.2, -0.15) is 11.8 Å². The first-order valence-corrected chi connectivity index (χ1v) is 7.82. The van der Waals surface area contributed by atoms with Gasteiger partial charge >= 0.3 is 0 Å². The molecular formula is C13H30N2S. The molecule has 0 aromatic heterocycles. The van der Waals surface area contributed by atoms with Gasteiger partial charge in [-0.15, -0.1) is 0 Å². The van der Waals surface area contributed by atoms with Gasteiger partial charge in [-0.1, -0.05) is 27.7 Å². The average molecular weight is 246 g/mol. The Morgan fingerprint density at radius 2 is 1.50 bits per heavy atom. The molecule has 0 saturated carbocycles. The molecule has 0 aliphatic rings. The summed E-state index contributed by atoms with van der Waals surface area (Å²) in [7, 11) is 0. The lowest BCUT2D eigenvalue weighted by Crippen LogP contribution is -2.41. The second-order valence-corrected chi connectivity index (χ2v) is 6.53. The molecule has 0 unspecified atom stereocenters. The third-order valence-electron chi connectivity index (χ3n) is 2.43. The second kappa shape index (κ2) is 9.32. The summed E-state index contributed by atoms with van der Waals surface area (Å²) < 4.78 is 0. The van der Waals surface area contributed by atoms with Crippen LogP contribution in [0.3, 0.4) is 0 Å². The van der Waals surface area contributed by atoms with E-state index in [1.807, 2.05) is 11.8 Å². The Labute approximate surface area is 106 Å². The van der Waals surface area contributed by atoms with Crippen LogP contribution in [0.1, 0.15) is 34.1 Å². The molecule has 0 heterocycles. The van der Waals surface area contributed by atoms with Crippen molar-refractivity contribution in [1.29, 1.82) is 0 Å². The molecule has 3 heteroatoms. The van der Waals surface area contributed by atoms with Gasteiger partial charge in [-0.3, -0.25) is 0 Å². The molecule has 0 fully saturated rings. The maximum Gasteiger partial charge on any atom is 0.0175 e. The fourth-order valence-corrected chi connectivity index (χ4v) is 2.49. The van der Waals surface area contributed by atoms with Gasteiger partial charge in [0.05, 0.1) is 0 Å². The third-order valence-corrected chi connectivity index (χ3v) is 3.08. The van der Waals surface area contributed by atoms with Gasteiger partial charge < -0.3 is 10.6 Å². The van der Waals surface area contributed by atoms with Crippen molar-refractivity contribution in [3.8, 4) is 0 Å². The van der Waals surface area contributed by atoms with Crippen molar-refractivity contribution in [1.82, 2.24) is 4.90 Å². The van der Waals surface area contributed by atoms with Gasteiger partial charge in [0, 0.05) is 25.7 Å². The van der Waals surface area contributed by atoms with Gasteiger partial charge in [-0.05, 0) is 30.3 Å². The van der Waals surface area contributed by atoms with Crippen molar-refractivity contribution in [3.05, 3.63) is 0 Å². The third kappa shape index (κ3) is 9.49. The number of hydrogen-bond acceptors (Lipinski definition) is 3. The predicted molar refractivity (Wildman–Crippen MR) is 77.1 cm³/mol. The zero-order chi connectivity index (χ0) is 12.6. The van der Waals surface area contributed by atoms with E-state index in [0.717, 1.165) is 24.8 Å². The molecule has 2 N–H and O–H groups in total. The Kier molecular flexibility index (Phi) is 9.47. The first kappa shape index (κ1) is 16.3. The number of nitrogens with zero attached hydrogens (tertiary/aromatic N) is 1. The quantitative estimate of drug-likeness (QED) is 0.678. The molecule has 1 atom stereocenters. The average Bonchev–Trinajstić information content (AvgIpc) is 2.12. The van der Waals surface area contributed by atoms with Crippen molar-refractivity contribution in [2.24, 2.45) is 17.6 Å². The first-order valence-electron chi connectivity index (χ1n) is 6.42. The number of rotatable bonds is 9. The Balaban J connectivity index is 3.98. The summed E-state index contributed by atoms with van der Waals surface area (Å²) in [5, 5.41) is 0. The van der Waals surface area contributed by atoms with Gasteiger partial charge in [0.1, 0.15) is 0 Å². The normalized spacial score (nSPS) is 14.1. The zero-order valence-electron chi connectivity index (χ0n) is 11.7. The van der Waals surface area contributed by atoms with Crippen LogP contribution in [-0.2, 0) is 0 Å². The molecule has 0 radical (unpaired) electrons. The van der Waals surface area contributed by atoms with Gasteiger partial charge in [0.2, 0.25) is 0 Å². The van der Waals surface area contributed by atoms with Crippen LogP contribution in [0.15, 0.2) is 0 Å². The van der Waals surface area contributed by atoms with E-state index in [2.05, 4.69) is 38.9 Å². The summed E-state index contributed by atoms with van der Waals surface area (Å²) in [6.45, 7) is 12.5. The minimum absolute atomic E-state index is 0.338. The van der Waals surface area contributed by atoms with E-state index in [0.29, 0.717) is 6.04 Å². The topological polar surface area (TPSA) is 29.3 Å². The predicted octanol–water partition coefficient (Wildman–Crippen LogP) is 2.68. The van der Waals surface area contributed by atoms with Crippen molar-refractivity contribution >= 4 is 11.8 Å². The largest absolute Gasteiger partial charge is 0.327 e. The van der Waals surface area contributed by atoms with Crippen molar-refractivity contribution < 1.29 is 0 Å².